The van der Waals surface area contributed by atoms with E-state index in [2.05, 4.69) is 0 Å². The van der Waals surface area contributed by atoms with Crippen LogP contribution in [0.25, 0.3) is 0 Å². The minimum Gasteiger partial charge on any atom is -0.387 e. The molecule has 2 heterocycles. The maximum Gasteiger partial charge on any atom is 0.285 e. The Morgan fingerprint density at radius 3 is 2.55 bits per heavy atom. The van der Waals surface area contributed by atoms with E-state index in [0.717, 1.165) is 11.3 Å². The Balaban J connectivity index is 1.42. The summed E-state index contributed by atoms with van der Waals surface area (Å²) in [6.07, 6.45) is 1.44. The zero-order valence-corrected chi connectivity index (χ0v) is 19.1. The highest BCUT2D eigenvalue weighted by Gasteiger charge is 2.35. The summed E-state index contributed by atoms with van der Waals surface area (Å²) in [6.45, 7) is 1.43. The predicted octanol–water partition coefficient (Wildman–Crippen LogP) is 2.01. The number of hydrogen-bond donors (Lipinski definition) is 2. The molecule has 1 saturated heterocycles. The van der Waals surface area contributed by atoms with Crippen molar-refractivity contribution >= 4 is 21.7 Å². The molecule has 1 atom stereocenters. The van der Waals surface area contributed by atoms with E-state index in [1.165, 1.54) is 12.1 Å². The van der Waals surface area contributed by atoms with Crippen molar-refractivity contribution in [3.8, 4) is 0 Å². The van der Waals surface area contributed by atoms with E-state index < -0.39 is 27.7 Å². The zero-order chi connectivity index (χ0) is 23.8. The summed E-state index contributed by atoms with van der Waals surface area (Å²) in [5.74, 6) is -0.825. The first-order chi connectivity index (χ1) is 15.5. The van der Waals surface area contributed by atoms with Gasteiger partial charge in [0.15, 0.2) is 0 Å². The first-order valence-corrected chi connectivity index (χ1v) is 12.6. The van der Waals surface area contributed by atoms with Crippen molar-refractivity contribution in [2.24, 2.45) is 0 Å². The Bertz CT molecular complexity index is 1150. The Kier molecular flexibility index (Phi) is 6.56. The zero-order valence-electron chi connectivity index (χ0n) is 18.3. The highest BCUT2D eigenvalue weighted by molar-refractivity contribution is 7.86. The van der Waals surface area contributed by atoms with Crippen molar-refractivity contribution in [2.75, 3.05) is 31.0 Å². The monoisotopic (exact) mass is 478 g/mol. The van der Waals surface area contributed by atoms with Gasteiger partial charge in [-0.3, -0.25) is 4.79 Å². The van der Waals surface area contributed by atoms with Crippen LogP contribution in [0.15, 0.2) is 42.5 Å². The second-order valence-corrected chi connectivity index (χ2v) is 10.3. The van der Waals surface area contributed by atoms with Crippen LogP contribution in [0.4, 0.5) is 10.1 Å². The van der Waals surface area contributed by atoms with E-state index in [1.807, 2.05) is 4.90 Å². The van der Waals surface area contributed by atoms with E-state index >= 15 is 0 Å². The summed E-state index contributed by atoms with van der Waals surface area (Å²) in [5.41, 5.74) is 1.19. The lowest BCUT2D eigenvalue weighted by Gasteiger charge is -2.39. The molecule has 2 N–H and O–H groups in total. The average molecular weight is 479 g/mol. The quantitative estimate of drug-likeness (QED) is 0.654. The highest BCUT2D eigenvalue weighted by atomic mass is 32.2. The number of aryl methyl sites for hydroxylation is 1. The molecule has 0 unspecified atom stereocenters. The van der Waals surface area contributed by atoms with Gasteiger partial charge >= 0.3 is 0 Å². The summed E-state index contributed by atoms with van der Waals surface area (Å²) < 4.78 is 41.4. The molecule has 8 nitrogen and oxygen atoms in total. The second kappa shape index (κ2) is 9.11. The molecule has 4 rings (SSSR count). The normalized spacial score (nSPS) is 19.9. The summed E-state index contributed by atoms with van der Waals surface area (Å²) in [4.78, 5) is 14.2. The molecule has 10 heteroatoms. The molecule has 2 aliphatic rings. The third-order valence-corrected chi connectivity index (χ3v) is 6.65. The average Bonchev–Trinajstić information content (AvgIpc) is 2.76. The predicted molar refractivity (Wildman–Crippen MR) is 119 cm³/mol. The van der Waals surface area contributed by atoms with Gasteiger partial charge in [-0.05, 0) is 54.2 Å². The lowest BCUT2D eigenvalue weighted by atomic mass is 9.84. The molecule has 2 aromatic rings. The number of carbonyl (C=O) groups excluding carboxylic acids is 1. The van der Waals surface area contributed by atoms with E-state index in [9.17, 15) is 27.8 Å². The summed E-state index contributed by atoms with van der Waals surface area (Å²) in [7, 11) is -3.87. The minimum atomic E-state index is -3.87. The fourth-order valence-electron chi connectivity index (χ4n) is 4.43. The van der Waals surface area contributed by atoms with E-state index in [1.54, 1.807) is 30.3 Å². The first-order valence-electron chi connectivity index (χ1n) is 10.8. The molecule has 0 saturated carbocycles. The van der Waals surface area contributed by atoms with Crippen molar-refractivity contribution in [3.63, 3.8) is 0 Å². The molecule has 0 aromatic heterocycles. The number of hydrogen-bond acceptors (Lipinski definition) is 7. The number of β-amino-alcohol motifs (C(OH)–C–C–N with tert-alkyl or cyclic N) is 1. The molecule has 0 radical (unpaired) electrons. The molecule has 1 amide bonds. The van der Waals surface area contributed by atoms with Gasteiger partial charge in [-0.2, -0.15) is 13.5 Å². The lowest BCUT2D eigenvalue weighted by molar-refractivity contribution is -0.123. The van der Waals surface area contributed by atoms with Gasteiger partial charge in [0.05, 0.1) is 23.6 Å². The number of anilines is 1. The highest BCUT2D eigenvalue weighted by Crippen LogP contribution is 2.35. The Morgan fingerprint density at radius 1 is 1.15 bits per heavy atom. The lowest BCUT2D eigenvalue weighted by Crippen LogP contribution is -2.44. The van der Waals surface area contributed by atoms with Crippen LogP contribution in [-0.4, -0.2) is 55.3 Å². The van der Waals surface area contributed by atoms with Crippen LogP contribution in [0.5, 0.6) is 0 Å². The van der Waals surface area contributed by atoms with Gasteiger partial charge < -0.3 is 15.1 Å². The third kappa shape index (κ3) is 5.42. The Labute approximate surface area is 192 Å². The molecule has 178 valence electrons. The number of halogens is 1. The number of nitrogens with zero attached hydrogens (tertiary/aromatic N) is 2. The van der Waals surface area contributed by atoms with Crippen LogP contribution in [-0.2, 0) is 31.2 Å². The maximum atomic E-state index is 13.6. The Hall–Kier alpha value is -2.37. The van der Waals surface area contributed by atoms with Crippen LogP contribution >= 0.6 is 0 Å². The summed E-state index contributed by atoms with van der Waals surface area (Å²) in [6, 6.07) is 11.0. The van der Waals surface area contributed by atoms with Gasteiger partial charge in [0, 0.05) is 26.1 Å². The van der Waals surface area contributed by atoms with Crippen molar-refractivity contribution < 1.29 is 32.1 Å². The number of carbonyl (C=O) groups is 1. The van der Waals surface area contributed by atoms with Gasteiger partial charge in [-0.15, -0.1) is 4.28 Å². The largest absolute Gasteiger partial charge is 0.387 e. The topological polar surface area (TPSA) is 107 Å². The van der Waals surface area contributed by atoms with Crippen LogP contribution < -0.4 is 5.06 Å². The summed E-state index contributed by atoms with van der Waals surface area (Å²) >= 11 is 0. The molecular formula is C23H27FN2O6S. The number of hydroxylamine groups is 1. The molecule has 0 aliphatic carbocycles. The smallest absolute Gasteiger partial charge is 0.285 e. The number of piperidine rings is 1. The van der Waals surface area contributed by atoms with Crippen molar-refractivity contribution in [2.45, 2.75) is 37.4 Å². The second-order valence-electron chi connectivity index (χ2n) is 8.71. The van der Waals surface area contributed by atoms with Crippen molar-refractivity contribution in [3.05, 3.63) is 65.0 Å². The molecule has 33 heavy (non-hydrogen) atoms. The third-order valence-electron chi connectivity index (χ3n) is 6.23. The SMILES string of the molecule is CS(=O)(=O)ON1C(=O)CCc2cc([C@H](O)CN3CCC(O)(c4cccc(F)c4)CC3)ccc21. The maximum absolute atomic E-state index is 13.6. The fraction of sp³-hybridized carbons (Fsp3) is 0.435. The van der Waals surface area contributed by atoms with Gasteiger partial charge in [-0.25, -0.2) is 4.39 Å². The number of benzene rings is 2. The number of likely N-dealkylation sites (tertiary alicyclic amines) is 1. The number of aliphatic hydroxyl groups is 2. The van der Waals surface area contributed by atoms with Gasteiger partial charge in [0.1, 0.15) is 5.82 Å². The number of fused-ring (bicyclic) bond motifs is 1. The molecule has 2 aliphatic heterocycles. The van der Waals surface area contributed by atoms with Crippen LogP contribution in [0.1, 0.15) is 42.1 Å². The van der Waals surface area contributed by atoms with E-state index in [4.69, 9.17) is 4.28 Å². The standard InChI is InChI=1S/C23H27FN2O6S/c1-33(30,31)32-26-20-7-5-17(13-16(20)6-8-22(26)28)21(27)15-25-11-9-23(29,10-12-25)18-3-2-4-19(24)14-18/h2-5,7,13-14,21,27,29H,6,8-12,15H2,1H3/t21-/m1/s1. The van der Waals surface area contributed by atoms with Gasteiger partial charge in [-0.1, -0.05) is 24.3 Å². The number of aliphatic hydroxyl groups excluding tert-OH is 1. The fourth-order valence-corrected chi connectivity index (χ4v) is 4.86. The summed E-state index contributed by atoms with van der Waals surface area (Å²) in [5, 5.41) is 22.5. The van der Waals surface area contributed by atoms with Gasteiger partial charge in [0.25, 0.3) is 16.0 Å². The molecule has 1 fully saturated rings. The number of amides is 1. The van der Waals surface area contributed by atoms with E-state index in [0.29, 0.717) is 61.3 Å². The molecule has 0 bridgehead atoms. The molecular weight excluding hydrogens is 451 g/mol. The van der Waals surface area contributed by atoms with Crippen molar-refractivity contribution in [1.82, 2.24) is 4.90 Å². The van der Waals surface area contributed by atoms with Gasteiger partial charge in [0.2, 0.25) is 0 Å². The first kappa shape index (κ1) is 23.8. The Morgan fingerprint density at radius 2 is 1.88 bits per heavy atom. The van der Waals surface area contributed by atoms with Crippen LogP contribution in [0.2, 0.25) is 0 Å². The van der Waals surface area contributed by atoms with Crippen LogP contribution in [0.3, 0.4) is 0 Å². The van der Waals surface area contributed by atoms with E-state index in [-0.39, 0.29) is 12.2 Å². The van der Waals surface area contributed by atoms with Crippen molar-refractivity contribution in [1.29, 1.82) is 0 Å². The molecule has 2 aromatic carbocycles. The van der Waals surface area contributed by atoms with Crippen LogP contribution in [0, 0.1) is 5.82 Å². The minimum absolute atomic E-state index is 0.104. The number of rotatable bonds is 6. The molecule has 0 spiro atoms.